The van der Waals surface area contributed by atoms with E-state index < -0.39 is 0 Å². The monoisotopic (exact) mass is 320 g/mol. The van der Waals surface area contributed by atoms with Crippen molar-refractivity contribution in [3.05, 3.63) is 23.9 Å². The van der Waals surface area contributed by atoms with Crippen molar-refractivity contribution in [3.63, 3.8) is 0 Å². The first-order chi connectivity index (χ1) is 11.2. The van der Waals surface area contributed by atoms with Crippen molar-refractivity contribution >= 4 is 0 Å². The van der Waals surface area contributed by atoms with Gasteiger partial charge in [0.15, 0.2) is 0 Å². The quantitative estimate of drug-likeness (QED) is 0.803. The molecular formula is C17H28N4O2. The van der Waals surface area contributed by atoms with Gasteiger partial charge in [-0.1, -0.05) is 19.1 Å². The van der Waals surface area contributed by atoms with Crippen LogP contribution in [0.5, 0.6) is 0 Å². The van der Waals surface area contributed by atoms with Gasteiger partial charge in [-0.3, -0.25) is 9.80 Å². The zero-order chi connectivity index (χ0) is 16.2. The summed E-state index contributed by atoms with van der Waals surface area (Å²) in [4.78, 5) is 4.67. The van der Waals surface area contributed by atoms with E-state index in [0.29, 0.717) is 18.3 Å². The van der Waals surface area contributed by atoms with E-state index in [0.717, 1.165) is 32.1 Å². The predicted octanol–water partition coefficient (Wildman–Crippen LogP) is 1.60. The summed E-state index contributed by atoms with van der Waals surface area (Å²) in [6.07, 6.45) is 7.92. The van der Waals surface area contributed by atoms with Gasteiger partial charge in [-0.05, 0) is 31.7 Å². The van der Waals surface area contributed by atoms with Crippen LogP contribution >= 0.6 is 0 Å². The first kappa shape index (κ1) is 16.6. The number of aliphatic hydroxyl groups excluding tert-OH is 1. The third-order valence-electron chi connectivity index (χ3n) is 5.01. The number of likely N-dealkylation sites (tertiary alicyclic amines) is 1. The van der Waals surface area contributed by atoms with E-state index >= 15 is 0 Å². The van der Waals surface area contributed by atoms with Gasteiger partial charge < -0.3 is 9.52 Å². The molecular weight excluding hydrogens is 292 g/mol. The molecule has 6 heteroatoms. The number of β-amino-alcohol motifs (C(OH)–C–C–N with tert-alkyl or cyclic N) is 1. The minimum Gasteiger partial charge on any atom is -0.424 e. The average molecular weight is 320 g/mol. The fraction of sp³-hybridized carbons (Fsp3) is 0.765. The minimum absolute atomic E-state index is 0.145. The molecule has 6 nitrogen and oxygen atoms in total. The highest BCUT2D eigenvalue weighted by atomic mass is 16.4. The number of aryl methyl sites for hydroxylation is 1. The second kappa shape index (κ2) is 7.55. The van der Waals surface area contributed by atoms with Gasteiger partial charge in [0, 0.05) is 26.6 Å². The lowest BCUT2D eigenvalue weighted by Crippen LogP contribution is -2.43. The smallest absolute Gasteiger partial charge is 0.230 e. The van der Waals surface area contributed by atoms with E-state index in [1.807, 2.05) is 0 Å². The fourth-order valence-electron chi connectivity index (χ4n) is 3.78. The minimum atomic E-state index is -0.307. The Morgan fingerprint density at radius 3 is 2.87 bits per heavy atom. The van der Waals surface area contributed by atoms with Gasteiger partial charge in [-0.15, -0.1) is 10.2 Å². The summed E-state index contributed by atoms with van der Waals surface area (Å²) in [5.74, 6) is 1.96. The lowest BCUT2D eigenvalue weighted by molar-refractivity contribution is 0.0760. The van der Waals surface area contributed by atoms with Crippen molar-refractivity contribution in [2.45, 2.75) is 51.8 Å². The molecule has 0 unspecified atom stereocenters. The highest BCUT2D eigenvalue weighted by Gasteiger charge is 2.36. The van der Waals surface area contributed by atoms with Crippen LogP contribution < -0.4 is 0 Å². The molecule has 0 radical (unpaired) electrons. The van der Waals surface area contributed by atoms with E-state index in [1.54, 1.807) is 6.92 Å². The third-order valence-corrected chi connectivity index (χ3v) is 5.01. The zero-order valence-corrected chi connectivity index (χ0v) is 14.2. The number of nitrogens with zero attached hydrogens (tertiary/aromatic N) is 4. The van der Waals surface area contributed by atoms with Crippen molar-refractivity contribution in [2.24, 2.45) is 5.92 Å². The summed E-state index contributed by atoms with van der Waals surface area (Å²) >= 11 is 0. The van der Waals surface area contributed by atoms with Crippen LogP contribution in [0.2, 0.25) is 0 Å². The molecule has 0 amide bonds. The molecule has 2 heterocycles. The Bertz CT molecular complexity index is 530. The van der Waals surface area contributed by atoms with E-state index in [9.17, 15) is 5.11 Å². The molecule has 128 valence electrons. The van der Waals surface area contributed by atoms with Gasteiger partial charge in [0.05, 0.1) is 18.7 Å². The SMILES string of the molecule is CCN(Cc1nnc(C)o1)[C@H]1CN(C[C@@H]2CC=CCC2)C[C@H]1O. The Labute approximate surface area is 138 Å². The Hall–Kier alpha value is -1.24. The molecule has 1 aliphatic carbocycles. The van der Waals surface area contributed by atoms with Crippen LogP contribution in [0.25, 0.3) is 0 Å². The second-order valence-corrected chi connectivity index (χ2v) is 6.78. The number of hydrogen-bond donors (Lipinski definition) is 1. The molecule has 1 fully saturated rings. The van der Waals surface area contributed by atoms with Crippen LogP contribution in [0.15, 0.2) is 16.6 Å². The molecule has 1 aromatic rings. The maximum atomic E-state index is 10.5. The van der Waals surface area contributed by atoms with Gasteiger partial charge in [0.2, 0.25) is 11.8 Å². The zero-order valence-electron chi connectivity index (χ0n) is 14.2. The van der Waals surface area contributed by atoms with Gasteiger partial charge in [-0.25, -0.2) is 0 Å². The van der Waals surface area contributed by atoms with E-state index in [-0.39, 0.29) is 12.1 Å². The van der Waals surface area contributed by atoms with Gasteiger partial charge in [0.25, 0.3) is 0 Å². The third kappa shape index (κ3) is 4.19. The van der Waals surface area contributed by atoms with Crippen LogP contribution in [0.3, 0.4) is 0 Å². The lowest BCUT2D eigenvalue weighted by Gasteiger charge is -2.28. The summed E-state index contributed by atoms with van der Waals surface area (Å²) in [6, 6.07) is 0.145. The molecule has 0 bridgehead atoms. The van der Waals surface area contributed by atoms with Crippen LogP contribution in [-0.2, 0) is 6.54 Å². The topological polar surface area (TPSA) is 65.6 Å². The lowest BCUT2D eigenvalue weighted by atomic mass is 9.94. The summed E-state index contributed by atoms with van der Waals surface area (Å²) < 4.78 is 5.49. The summed E-state index contributed by atoms with van der Waals surface area (Å²) in [6.45, 7) is 8.17. The number of aliphatic hydroxyl groups is 1. The number of hydrogen-bond acceptors (Lipinski definition) is 6. The summed E-state index contributed by atoms with van der Waals surface area (Å²) in [5.41, 5.74) is 0. The summed E-state index contributed by atoms with van der Waals surface area (Å²) in [5, 5.41) is 18.5. The maximum absolute atomic E-state index is 10.5. The predicted molar refractivity (Wildman–Crippen MR) is 87.8 cm³/mol. The van der Waals surface area contributed by atoms with Crippen molar-refractivity contribution in [3.8, 4) is 0 Å². The second-order valence-electron chi connectivity index (χ2n) is 6.78. The molecule has 0 saturated carbocycles. The first-order valence-corrected chi connectivity index (χ1v) is 8.74. The van der Waals surface area contributed by atoms with E-state index in [1.165, 1.54) is 19.3 Å². The molecule has 2 aliphatic rings. The molecule has 3 rings (SSSR count). The van der Waals surface area contributed by atoms with Gasteiger partial charge in [-0.2, -0.15) is 0 Å². The molecule has 3 atom stereocenters. The van der Waals surface area contributed by atoms with Crippen LogP contribution in [0, 0.1) is 12.8 Å². The van der Waals surface area contributed by atoms with Crippen LogP contribution in [-0.4, -0.2) is 63.4 Å². The highest BCUT2D eigenvalue weighted by Crippen LogP contribution is 2.24. The summed E-state index contributed by atoms with van der Waals surface area (Å²) in [7, 11) is 0. The van der Waals surface area contributed by atoms with Crippen molar-refractivity contribution in [1.82, 2.24) is 20.0 Å². The number of allylic oxidation sites excluding steroid dienone is 2. The molecule has 23 heavy (non-hydrogen) atoms. The van der Waals surface area contributed by atoms with Crippen molar-refractivity contribution in [2.75, 3.05) is 26.2 Å². The number of likely N-dealkylation sites (N-methyl/N-ethyl adjacent to an activating group) is 1. The van der Waals surface area contributed by atoms with Gasteiger partial charge >= 0.3 is 0 Å². The van der Waals surface area contributed by atoms with Crippen LogP contribution in [0.4, 0.5) is 0 Å². The van der Waals surface area contributed by atoms with Crippen molar-refractivity contribution in [1.29, 1.82) is 0 Å². The Morgan fingerprint density at radius 1 is 1.35 bits per heavy atom. The largest absolute Gasteiger partial charge is 0.424 e. The van der Waals surface area contributed by atoms with E-state index in [2.05, 4.69) is 39.1 Å². The molecule has 0 aromatic carbocycles. The first-order valence-electron chi connectivity index (χ1n) is 8.74. The van der Waals surface area contributed by atoms with Crippen LogP contribution in [0.1, 0.15) is 38.0 Å². The maximum Gasteiger partial charge on any atom is 0.230 e. The Balaban J connectivity index is 1.56. The molecule has 0 spiro atoms. The fourth-order valence-corrected chi connectivity index (χ4v) is 3.78. The normalized spacial score (nSPS) is 28.8. The Morgan fingerprint density at radius 2 is 2.22 bits per heavy atom. The number of aromatic nitrogens is 2. The molecule has 1 aromatic heterocycles. The average Bonchev–Trinajstić information content (AvgIpc) is 3.11. The molecule has 1 saturated heterocycles. The standard InChI is InChI=1S/C17H28N4O2/c1-3-21(12-17-19-18-13(2)23-17)15-10-20(11-16(15)22)9-14-7-5-4-6-8-14/h4-5,14-16,22H,3,6-12H2,1-2H3/t14-,15+,16-/m1/s1. The Kier molecular flexibility index (Phi) is 5.46. The van der Waals surface area contributed by atoms with Gasteiger partial charge in [0.1, 0.15) is 0 Å². The van der Waals surface area contributed by atoms with E-state index in [4.69, 9.17) is 4.42 Å². The molecule has 1 N–H and O–H groups in total. The molecule has 1 aliphatic heterocycles. The highest BCUT2D eigenvalue weighted by molar-refractivity contribution is 4.95. The number of rotatable bonds is 6. The van der Waals surface area contributed by atoms with Crippen molar-refractivity contribution < 1.29 is 9.52 Å².